The van der Waals surface area contributed by atoms with E-state index in [9.17, 15) is 9.90 Å². The molecule has 5 nitrogen and oxygen atoms in total. The van der Waals surface area contributed by atoms with E-state index in [4.69, 9.17) is 28.0 Å². The number of halogens is 2. The van der Waals surface area contributed by atoms with Gasteiger partial charge in [0.25, 0.3) is 0 Å². The summed E-state index contributed by atoms with van der Waals surface area (Å²) in [6.45, 7) is 4.17. The van der Waals surface area contributed by atoms with Crippen molar-refractivity contribution in [3.8, 4) is 5.75 Å². The number of nitrogens with one attached hydrogen (secondary N) is 1. The van der Waals surface area contributed by atoms with Gasteiger partial charge in [-0.15, -0.1) is 0 Å². The molecule has 0 saturated carbocycles. The Morgan fingerprint density at radius 3 is 2.27 bits per heavy atom. The molecule has 1 amide bonds. The summed E-state index contributed by atoms with van der Waals surface area (Å²) in [5, 5.41) is 17.7. The second-order valence-electron chi connectivity index (χ2n) is 8.27. The monoisotopic (exact) mass is 492 g/mol. The minimum atomic E-state index is -0.745. The number of carbonyl (C=O) groups is 1. The maximum Gasteiger partial charge on any atom is 0.437 e. The Morgan fingerprint density at radius 1 is 0.939 bits per heavy atom. The predicted octanol–water partition coefficient (Wildman–Crippen LogP) is 8.88. The number of phenolic OH excluding ortho intramolecular Hbond substituents is 1. The highest BCUT2D eigenvalue weighted by molar-refractivity contribution is 6.42. The average molecular weight is 493 g/mol. The lowest BCUT2D eigenvalue weighted by Gasteiger charge is -2.10. The number of aryl methyl sites for hydroxylation is 1. The SMILES string of the molecule is CCCCCCCCCCC/C(=N\OC(=O)Nc1ccc(Cl)c(Cl)c1)c1cc(C)ccc1O. The third kappa shape index (κ3) is 10.1. The third-order valence-electron chi connectivity index (χ3n) is 5.38. The molecule has 2 aromatic rings. The fourth-order valence-electron chi connectivity index (χ4n) is 3.52. The molecular weight excluding hydrogens is 459 g/mol. The summed E-state index contributed by atoms with van der Waals surface area (Å²) in [6, 6.07) is 10.0. The van der Waals surface area contributed by atoms with Crippen molar-refractivity contribution in [3.05, 3.63) is 57.6 Å². The Hall–Kier alpha value is -2.24. The van der Waals surface area contributed by atoms with Gasteiger partial charge < -0.3 is 5.11 Å². The molecule has 0 heterocycles. The van der Waals surface area contributed by atoms with Crippen molar-refractivity contribution in [2.75, 3.05) is 5.32 Å². The van der Waals surface area contributed by atoms with Gasteiger partial charge in [-0.05, 0) is 50.1 Å². The van der Waals surface area contributed by atoms with Gasteiger partial charge >= 0.3 is 6.09 Å². The number of rotatable bonds is 13. The molecule has 0 fully saturated rings. The second kappa shape index (κ2) is 14.8. The molecule has 2 N–H and O–H groups in total. The molecule has 0 aliphatic rings. The number of aromatic hydroxyl groups is 1. The van der Waals surface area contributed by atoms with Gasteiger partial charge in [0.05, 0.1) is 15.8 Å². The molecule has 0 saturated heterocycles. The van der Waals surface area contributed by atoms with Crippen LogP contribution >= 0.6 is 23.2 Å². The minimum Gasteiger partial charge on any atom is -0.507 e. The van der Waals surface area contributed by atoms with E-state index >= 15 is 0 Å². The largest absolute Gasteiger partial charge is 0.507 e. The Balaban J connectivity index is 1.94. The lowest BCUT2D eigenvalue weighted by molar-refractivity contribution is 0.166. The number of benzene rings is 2. The maximum atomic E-state index is 12.2. The van der Waals surface area contributed by atoms with Crippen LogP contribution in [0.25, 0.3) is 0 Å². The van der Waals surface area contributed by atoms with Crippen LogP contribution in [-0.4, -0.2) is 16.9 Å². The molecule has 2 rings (SSSR count). The summed E-state index contributed by atoms with van der Waals surface area (Å²) >= 11 is 11.9. The van der Waals surface area contributed by atoms with E-state index in [0.717, 1.165) is 24.8 Å². The number of hydrogen-bond donors (Lipinski definition) is 2. The number of nitrogens with zero attached hydrogens (tertiary/aromatic N) is 1. The Bertz CT molecular complexity index is 932. The first-order valence-electron chi connectivity index (χ1n) is 11.7. The Labute approximate surface area is 207 Å². The summed E-state index contributed by atoms with van der Waals surface area (Å²) in [4.78, 5) is 17.4. The molecule has 33 heavy (non-hydrogen) atoms. The zero-order valence-corrected chi connectivity index (χ0v) is 21.0. The van der Waals surface area contributed by atoms with Gasteiger partial charge in [-0.2, -0.15) is 0 Å². The average Bonchev–Trinajstić information content (AvgIpc) is 2.79. The fourth-order valence-corrected chi connectivity index (χ4v) is 3.82. The highest BCUT2D eigenvalue weighted by atomic mass is 35.5. The zero-order valence-electron chi connectivity index (χ0n) is 19.5. The summed E-state index contributed by atoms with van der Waals surface area (Å²) in [5.74, 6) is 0.115. The number of unbranched alkanes of at least 4 members (excludes halogenated alkanes) is 8. The molecule has 0 unspecified atom stereocenters. The smallest absolute Gasteiger partial charge is 0.437 e. The van der Waals surface area contributed by atoms with E-state index in [2.05, 4.69) is 17.4 Å². The lowest BCUT2D eigenvalue weighted by Crippen LogP contribution is -2.13. The molecule has 2 aromatic carbocycles. The summed E-state index contributed by atoms with van der Waals surface area (Å²) in [5.41, 5.74) is 2.56. The highest BCUT2D eigenvalue weighted by Crippen LogP contribution is 2.25. The second-order valence-corrected chi connectivity index (χ2v) is 9.08. The first kappa shape index (κ1) is 27.0. The van der Waals surface area contributed by atoms with Crippen molar-refractivity contribution >= 4 is 40.7 Å². The van der Waals surface area contributed by atoms with Crippen LogP contribution in [0.3, 0.4) is 0 Å². The van der Waals surface area contributed by atoms with Crippen LogP contribution in [-0.2, 0) is 4.84 Å². The third-order valence-corrected chi connectivity index (χ3v) is 6.12. The summed E-state index contributed by atoms with van der Waals surface area (Å²) in [6.07, 6.45) is 10.7. The number of phenols is 1. The van der Waals surface area contributed by atoms with Crippen LogP contribution in [0, 0.1) is 6.92 Å². The van der Waals surface area contributed by atoms with Crippen molar-refractivity contribution in [1.82, 2.24) is 0 Å². The number of amides is 1. The minimum absolute atomic E-state index is 0.115. The van der Waals surface area contributed by atoms with E-state index in [1.54, 1.807) is 18.2 Å². The lowest BCUT2D eigenvalue weighted by atomic mass is 10.00. The normalized spacial score (nSPS) is 11.5. The van der Waals surface area contributed by atoms with Crippen LogP contribution in [0.5, 0.6) is 5.75 Å². The van der Waals surface area contributed by atoms with Crippen molar-refractivity contribution < 1.29 is 14.7 Å². The molecule has 180 valence electrons. The zero-order chi connectivity index (χ0) is 24.1. The van der Waals surface area contributed by atoms with Gasteiger partial charge in [-0.3, -0.25) is 10.2 Å². The molecule has 0 aromatic heterocycles. The maximum absolute atomic E-state index is 12.2. The van der Waals surface area contributed by atoms with Crippen molar-refractivity contribution in [2.45, 2.75) is 78.1 Å². The highest BCUT2D eigenvalue weighted by Gasteiger charge is 2.13. The van der Waals surface area contributed by atoms with Crippen LogP contribution < -0.4 is 5.32 Å². The van der Waals surface area contributed by atoms with E-state index < -0.39 is 6.09 Å². The number of hydrogen-bond acceptors (Lipinski definition) is 4. The van der Waals surface area contributed by atoms with Crippen molar-refractivity contribution in [3.63, 3.8) is 0 Å². The molecule has 0 spiro atoms. The van der Waals surface area contributed by atoms with Crippen LogP contribution in [0.4, 0.5) is 10.5 Å². The predicted molar refractivity (Wildman–Crippen MR) is 138 cm³/mol. The first-order chi connectivity index (χ1) is 15.9. The van der Waals surface area contributed by atoms with E-state index in [1.165, 1.54) is 44.6 Å². The molecule has 7 heteroatoms. The molecular formula is C26H34Cl2N2O3. The van der Waals surface area contributed by atoms with Gasteiger partial charge in [0.1, 0.15) is 5.75 Å². The standard InChI is InChI=1S/C26H34Cl2N2O3/c1-3-4-5-6-7-8-9-10-11-12-24(21-17-19(2)13-16-25(21)31)30-33-26(32)29-20-14-15-22(27)23(28)18-20/h13-18,31H,3-12H2,1-2H3,(H,29,32)/b30-24+. The molecule has 0 atom stereocenters. The van der Waals surface area contributed by atoms with Gasteiger partial charge in [0.2, 0.25) is 0 Å². The number of oxime groups is 1. The van der Waals surface area contributed by atoms with Crippen molar-refractivity contribution in [1.29, 1.82) is 0 Å². The molecule has 0 aliphatic heterocycles. The van der Waals surface area contributed by atoms with Gasteiger partial charge in [0.15, 0.2) is 0 Å². The topological polar surface area (TPSA) is 70.9 Å². The van der Waals surface area contributed by atoms with Crippen LogP contribution in [0.1, 0.15) is 82.3 Å². The first-order valence-corrected chi connectivity index (χ1v) is 12.5. The van der Waals surface area contributed by atoms with Crippen LogP contribution in [0.15, 0.2) is 41.6 Å². The summed E-state index contributed by atoms with van der Waals surface area (Å²) in [7, 11) is 0. The molecule has 0 aliphatic carbocycles. The fraction of sp³-hybridized carbons (Fsp3) is 0.462. The van der Waals surface area contributed by atoms with Crippen LogP contribution in [0.2, 0.25) is 10.0 Å². The van der Waals surface area contributed by atoms with Gasteiger partial charge in [-0.1, -0.05) is 98.3 Å². The van der Waals surface area contributed by atoms with Crippen molar-refractivity contribution in [2.24, 2.45) is 5.16 Å². The van der Waals surface area contributed by atoms with Gasteiger partial charge in [-0.25, -0.2) is 4.79 Å². The van der Waals surface area contributed by atoms with Gasteiger partial charge in [0, 0.05) is 11.3 Å². The molecule has 0 radical (unpaired) electrons. The van der Waals surface area contributed by atoms with E-state index in [0.29, 0.717) is 33.4 Å². The molecule has 0 bridgehead atoms. The Morgan fingerprint density at radius 2 is 1.61 bits per heavy atom. The Kier molecular flexibility index (Phi) is 12.1. The van der Waals surface area contributed by atoms with E-state index in [1.807, 2.05) is 19.1 Å². The summed E-state index contributed by atoms with van der Waals surface area (Å²) < 4.78 is 0. The number of anilines is 1. The van der Waals surface area contributed by atoms with E-state index in [-0.39, 0.29) is 5.75 Å². The quantitative estimate of drug-likeness (QED) is 0.127. The number of carbonyl (C=O) groups excluding carboxylic acids is 1.